The number of fused-ring (bicyclic) bond motifs is 1. The third kappa shape index (κ3) is 4.60. The molecule has 146 valence electrons. The molecule has 0 aliphatic heterocycles. The topological polar surface area (TPSA) is 104 Å². The van der Waals surface area contributed by atoms with Crippen molar-refractivity contribution < 1.29 is 23.8 Å². The van der Waals surface area contributed by atoms with Gasteiger partial charge in [0.25, 0.3) is 5.91 Å². The van der Waals surface area contributed by atoms with Crippen LogP contribution < -0.4 is 15.4 Å². The number of hydrogen-bond donors (Lipinski definition) is 3. The minimum Gasteiger partial charge on any atom is -0.488 e. The second-order valence-electron chi connectivity index (χ2n) is 6.37. The van der Waals surface area contributed by atoms with Crippen molar-refractivity contribution in [2.75, 3.05) is 37.9 Å². The highest BCUT2D eigenvalue weighted by Gasteiger charge is 2.17. The largest absolute Gasteiger partial charge is 0.488 e. The van der Waals surface area contributed by atoms with Crippen molar-refractivity contribution in [2.24, 2.45) is 0 Å². The van der Waals surface area contributed by atoms with Crippen molar-refractivity contribution >= 4 is 34.3 Å². The van der Waals surface area contributed by atoms with E-state index < -0.39 is 12.0 Å². The van der Waals surface area contributed by atoms with Gasteiger partial charge in [-0.2, -0.15) is 0 Å². The van der Waals surface area contributed by atoms with E-state index in [4.69, 9.17) is 14.3 Å². The predicted molar refractivity (Wildman–Crippen MR) is 106 cm³/mol. The standard InChI is InChI=1S/C20H21N3O5/c1-23(2)10-11-27-16-9-5-6-13-12-17(28-18(13)16)19(24)21-14-7-3-4-8-15(14)22-20(25)26/h3-9,12,22H,10-11H2,1-2H3,(H,21,24)(H,25,26). The average Bonchev–Trinajstić information content (AvgIpc) is 3.08. The molecule has 0 atom stereocenters. The lowest BCUT2D eigenvalue weighted by Crippen LogP contribution is -2.19. The predicted octanol–water partition coefficient (Wildman–Crippen LogP) is 3.72. The maximum Gasteiger partial charge on any atom is 0.409 e. The lowest BCUT2D eigenvalue weighted by Gasteiger charge is -2.11. The Balaban J connectivity index is 1.80. The van der Waals surface area contributed by atoms with Crippen LogP contribution in [-0.4, -0.2) is 49.3 Å². The van der Waals surface area contributed by atoms with E-state index in [9.17, 15) is 9.59 Å². The third-order valence-electron chi connectivity index (χ3n) is 3.94. The molecule has 0 aliphatic rings. The van der Waals surface area contributed by atoms with Gasteiger partial charge >= 0.3 is 6.09 Å². The van der Waals surface area contributed by atoms with E-state index in [2.05, 4.69) is 10.6 Å². The number of para-hydroxylation sites is 3. The van der Waals surface area contributed by atoms with Crippen LogP contribution in [0.4, 0.5) is 16.2 Å². The summed E-state index contributed by atoms with van der Waals surface area (Å²) in [5.41, 5.74) is 1.09. The van der Waals surface area contributed by atoms with Crippen LogP contribution in [0.2, 0.25) is 0 Å². The van der Waals surface area contributed by atoms with Crippen LogP contribution in [0.3, 0.4) is 0 Å². The summed E-state index contributed by atoms with van der Waals surface area (Å²) in [6.07, 6.45) is -1.22. The maximum absolute atomic E-state index is 12.6. The van der Waals surface area contributed by atoms with Crippen molar-refractivity contribution in [3.05, 3.63) is 54.3 Å². The molecule has 0 radical (unpaired) electrons. The Morgan fingerprint density at radius 1 is 1.07 bits per heavy atom. The first-order chi connectivity index (χ1) is 13.4. The lowest BCUT2D eigenvalue weighted by atomic mass is 10.2. The second-order valence-corrected chi connectivity index (χ2v) is 6.37. The number of amides is 2. The van der Waals surface area contributed by atoms with Gasteiger partial charge in [-0.1, -0.05) is 24.3 Å². The number of nitrogens with zero attached hydrogens (tertiary/aromatic N) is 1. The van der Waals surface area contributed by atoms with Crippen LogP contribution >= 0.6 is 0 Å². The summed E-state index contributed by atoms with van der Waals surface area (Å²) >= 11 is 0. The first-order valence-electron chi connectivity index (χ1n) is 8.64. The van der Waals surface area contributed by atoms with Gasteiger partial charge in [-0.05, 0) is 38.4 Å². The van der Waals surface area contributed by atoms with E-state index in [1.54, 1.807) is 36.4 Å². The molecule has 3 N–H and O–H groups in total. The summed E-state index contributed by atoms with van der Waals surface area (Å²) in [7, 11) is 3.91. The number of anilines is 2. The number of ether oxygens (including phenoxy) is 1. The fourth-order valence-corrected chi connectivity index (χ4v) is 2.60. The summed E-state index contributed by atoms with van der Waals surface area (Å²) < 4.78 is 11.5. The molecular weight excluding hydrogens is 362 g/mol. The van der Waals surface area contributed by atoms with Crippen LogP contribution in [0.25, 0.3) is 11.0 Å². The SMILES string of the molecule is CN(C)CCOc1cccc2cc(C(=O)Nc3ccccc3NC(=O)O)oc12. The number of likely N-dealkylation sites (N-methyl/N-ethyl adjacent to an activating group) is 1. The molecule has 1 aromatic heterocycles. The number of benzene rings is 2. The van der Waals surface area contributed by atoms with Gasteiger partial charge in [-0.3, -0.25) is 10.1 Å². The van der Waals surface area contributed by atoms with Crippen molar-refractivity contribution in [1.82, 2.24) is 4.90 Å². The number of carboxylic acid groups (broad SMARTS) is 1. The average molecular weight is 383 g/mol. The maximum atomic E-state index is 12.6. The Hall–Kier alpha value is -3.52. The van der Waals surface area contributed by atoms with E-state index in [0.717, 1.165) is 11.9 Å². The Labute approximate surface area is 161 Å². The van der Waals surface area contributed by atoms with E-state index in [0.29, 0.717) is 23.6 Å². The smallest absolute Gasteiger partial charge is 0.409 e. The number of furan rings is 1. The summed E-state index contributed by atoms with van der Waals surface area (Å²) in [5, 5.41) is 14.6. The van der Waals surface area contributed by atoms with E-state index in [-0.39, 0.29) is 11.4 Å². The van der Waals surface area contributed by atoms with Gasteiger partial charge in [-0.25, -0.2) is 4.79 Å². The van der Waals surface area contributed by atoms with Gasteiger partial charge in [0.15, 0.2) is 17.1 Å². The molecule has 0 aliphatic carbocycles. The number of carbonyl (C=O) groups excluding carboxylic acids is 1. The molecule has 0 bridgehead atoms. The van der Waals surface area contributed by atoms with Crippen LogP contribution in [0.1, 0.15) is 10.6 Å². The third-order valence-corrected chi connectivity index (χ3v) is 3.94. The molecule has 3 rings (SSSR count). The normalized spacial score (nSPS) is 10.8. The monoisotopic (exact) mass is 383 g/mol. The molecule has 2 aromatic carbocycles. The summed E-state index contributed by atoms with van der Waals surface area (Å²) in [6, 6.07) is 13.6. The number of rotatable bonds is 7. The summed E-state index contributed by atoms with van der Waals surface area (Å²) in [5.74, 6) is 0.171. The quantitative estimate of drug-likeness (QED) is 0.574. The molecule has 8 nitrogen and oxygen atoms in total. The molecule has 0 unspecified atom stereocenters. The molecule has 1 heterocycles. The molecule has 2 amide bonds. The second kappa shape index (κ2) is 8.45. The van der Waals surface area contributed by atoms with Gasteiger partial charge in [0, 0.05) is 11.9 Å². The Kier molecular flexibility index (Phi) is 5.81. The zero-order valence-corrected chi connectivity index (χ0v) is 15.6. The Morgan fingerprint density at radius 2 is 1.79 bits per heavy atom. The Bertz CT molecular complexity index is 996. The zero-order chi connectivity index (χ0) is 20.1. The van der Waals surface area contributed by atoms with Crippen LogP contribution in [0, 0.1) is 0 Å². The molecule has 0 saturated carbocycles. The van der Waals surface area contributed by atoms with Crippen molar-refractivity contribution in [3.63, 3.8) is 0 Å². The van der Waals surface area contributed by atoms with Crippen LogP contribution in [0.15, 0.2) is 52.9 Å². The van der Waals surface area contributed by atoms with Crippen molar-refractivity contribution in [2.45, 2.75) is 0 Å². The van der Waals surface area contributed by atoms with Gasteiger partial charge in [0.2, 0.25) is 0 Å². The van der Waals surface area contributed by atoms with Gasteiger partial charge in [-0.15, -0.1) is 0 Å². The van der Waals surface area contributed by atoms with E-state index >= 15 is 0 Å². The molecule has 0 fully saturated rings. The van der Waals surface area contributed by atoms with Gasteiger partial charge in [0.1, 0.15) is 6.61 Å². The van der Waals surface area contributed by atoms with Crippen molar-refractivity contribution in [1.29, 1.82) is 0 Å². The van der Waals surface area contributed by atoms with Gasteiger partial charge < -0.3 is 24.5 Å². The zero-order valence-electron chi connectivity index (χ0n) is 15.6. The molecular formula is C20H21N3O5. The van der Waals surface area contributed by atoms with E-state index in [1.807, 2.05) is 31.1 Å². The molecule has 0 saturated heterocycles. The minimum absolute atomic E-state index is 0.101. The Morgan fingerprint density at radius 3 is 2.46 bits per heavy atom. The molecule has 8 heteroatoms. The highest BCUT2D eigenvalue weighted by molar-refractivity contribution is 6.07. The minimum atomic E-state index is -1.22. The number of carbonyl (C=O) groups is 2. The van der Waals surface area contributed by atoms with E-state index in [1.165, 1.54) is 0 Å². The highest BCUT2D eigenvalue weighted by Crippen LogP contribution is 2.30. The molecule has 3 aromatic rings. The fraction of sp³-hybridized carbons (Fsp3) is 0.200. The van der Waals surface area contributed by atoms with Crippen LogP contribution in [-0.2, 0) is 0 Å². The number of hydrogen-bond acceptors (Lipinski definition) is 5. The first kappa shape index (κ1) is 19.2. The summed E-state index contributed by atoms with van der Waals surface area (Å²) in [4.78, 5) is 25.5. The molecule has 28 heavy (non-hydrogen) atoms. The van der Waals surface area contributed by atoms with Crippen LogP contribution in [0.5, 0.6) is 5.75 Å². The first-order valence-corrected chi connectivity index (χ1v) is 8.64. The lowest BCUT2D eigenvalue weighted by molar-refractivity contribution is 0.0998. The number of nitrogens with one attached hydrogen (secondary N) is 2. The summed E-state index contributed by atoms with van der Waals surface area (Å²) in [6.45, 7) is 1.24. The molecule has 0 spiro atoms. The van der Waals surface area contributed by atoms with Crippen molar-refractivity contribution in [3.8, 4) is 5.75 Å². The van der Waals surface area contributed by atoms with Gasteiger partial charge in [0.05, 0.1) is 11.4 Å². The fourth-order valence-electron chi connectivity index (χ4n) is 2.60. The highest BCUT2D eigenvalue weighted by atomic mass is 16.5.